The number of Topliss-reactive ketones (excluding diaryl/α,β-unsaturated/α-hetero) is 1. The van der Waals surface area contributed by atoms with Gasteiger partial charge in [-0.05, 0) is 6.42 Å². The Kier molecular flexibility index (Phi) is 2.91. The van der Waals surface area contributed by atoms with Crippen LogP contribution in [0.3, 0.4) is 0 Å². The minimum Gasteiger partial charge on any atom is -0.292 e. The summed E-state index contributed by atoms with van der Waals surface area (Å²) in [6.45, 7) is 3.80. The van der Waals surface area contributed by atoms with Crippen LogP contribution in [0.5, 0.6) is 0 Å². The lowest BCUT2D eigenvalue weighted by molar-refractivity contribution is 0.0982. The van der Waals surface area contributed by atoms with Crippen LogP contribution in [0, 0.1) is 0 Å². The van der Waals surface area contributed by atoms with Crippen LogP contribution in [0.25, 0.3) is 0 Å². The number of aryl methyl sites for hydroxylation is 1. The molecule has 0 radical (unpaired) electrons. The standard InChI is InChI=1S/C9H12N2O/c1-3-7-9(8(12)4-2)11-6-5-10-7/h5-6H,3-4H2,1-2H3. The van der Waals surface area contributed by atoms with E-state index in [2.05, 4.69) is 9.97 Å². The van der Waals surface area contributed by atoms with E-state index in [-0.39, 0.29) is 5.78 Å². The summed E-state index contributed by atoms with van der Waals surface area (Å²) in [4.78, 5) is 19.4. The van der Waals surface area contributed by atoms with E-state index in [0.29, 0.717) is 12.1 Å². The van der Waals surface area contributed by atoms with Gasteiger partial charge in [-0.15, -0.1) is 0 Å². The first kappa shape index (κ1) is 8.84. The van der Waals surface area contributed by atoms with Crippen molar-refractivity contribution in [3.63, 3.8) is 0 Å². The van der Waals surface area contributed by atoms with E-state index in [1.807, 2.05) is 13.8 Å². The van der Waals surface area contributed by atoms with E-state index in [1.165, 1.54) is 0 Å². The van der Waals surface area contributed by atoms with Crippen LogP contribution in [0.15, 0.2) is 12.4 Å². The fourth-order valence-electron chi connectivity index (χ4n) is 1.03. The molecule has 0 amide bonds. The van der Waals surface area contributed by atoms with E-state index >= 15 is 0 Å². The Morgan fingerprint density at radius 1 is 1.33 bits per heavy atom. The summed E-state index contributed by atoms with van der Waals surface area (Å²) in [6.07, 6.45) is 4.42. The molecule has 3 nitrogen and oxygen atoms in total. The van der Waals surface area contributed by atoms with Gasteiger partial charge in [-0.2, -0.15) is 0 Å². The fourth-order valence-corrected chi connectivity index (χ4v) is 1.03. The number of carbonyl (C=O) groups excluding carboxylic acids is 1. The molecule has 64 valence electrons. The van der Waals surface area contributed by atoms with Crippen molar-refractivity contribution in [2.45, 2.75) is 26.7 Å². The molecule has 0 aromatic carbocycles. The first-order valence-corrected chi connectivity index (χ1v) is 4.12. The summed E-state index contributed by atoms with van der Waals surface area (Å²) < 4.78 is 0. The van der Waals surface area contributed by atoms with Crippen LogP contribution in [-0.4, -0.2) is 15.8 Å². The summed E-state index contributed by atoms with van der Waals surface area (Å²) in [7, 11) is 0. The van der Waals surface area contributed by atoms with E-state index in [9.17, 15) is 4.79 Å². The monoisotopic (exact) mass is 164 g/mol. The number of carbonyl (C=O) groups is 1. The number of rotatable bonds is 3. The van der Waals surface area contributed by atoms with Gasteiger partial charge in [-0.1, -0.05) is 13.8 Å². The SMILES string of the molecule is CCC(=O)c1nccnc1CC. The molecule has 1 rings (SSSR count). The third-order valence-electron chi connectivity index (χ3n) is 1.69. The molecule has 1 aromatic heterocycles. The third-order valence-corrected chi connectivity index (χ3v) is 1.69. The number of hydrogen-bond acceptors (Lipinski definition) is 3. The van der Waals surface area contributed by atoms with Crippen molar-refractivity contribution < 1.29 is 4.79 Å². The molecule has 0 aliphatic heterocycles. The summed E-state index contributed by atoms with van der Waals surface area (Å²) in [6, 6.07) is 0. The molecule has 0 fully saturated rings. The summed E-state index contributed by atoms with van der Waals surface area (Å²) >= 11 is 0. The van der Waals surface area contributed by atoms with Crippen LogP contribution in [0.2, 0.25) is 0 Å². The first-order valence-electron chi connectivity index (χ1n) is 4.12. The van der Waals surface area contributed by atoms with Crippen LogP contribution >= 0.6 is 0 Å². The van der Waals surface area contributed by atoms with Crippen molar-refractivity contribution in [2.75, 3.05) is 0 Å². The molecule has 12 heavy (non-hydrogen) atoms. The zero-order chi connectivity index (χ0) is 8.97. The molecule has 0 unspecified atom stereocenters. The highest BCUT2D eigenvalue weighted by Crippen LogP contribution is 2.04. The van der Waals surface area contributed by atoms with Crippen molar-refractivity contribution >= 4 is 5.78 Å². The fraction of sp³-hybridized carbons (Fsp3) is 0.444. The highest BCUT2D eigenvalue weighted by atomic mass is 16.1. The lowest BCUT2D eigenvalue weighted by Gasteiger charge is -2.01. The quantitative estimate of drug-likeness (QED) is 0.638. The minimum atomic E-state index is 0.0694. The van der Waals surface area contributed by atoms with Gasteiger partial charge in [-0.3, -0.25) is 9.78 Å². The van der Waals surface area contributed by atoms with Gasteiger partial charge in [0, 0.05) is 18.8 Å². The van der Waals surface area contributed by atoms with E-state index < -0.39 is 0 Å². The Morgan fingerprint density at radius 2 is 2.00 bits per heavy atom. The summed E-state index contributed by atoms with van der Waals surface area (Å²) in [5, 5.41) is 0. The van der Waals surface area contributed by atoms with Crippen molar-refractivity contribution in [3.8, 4) is 0 Å². The van der Waals surface area contributed by atoms with E-state index in [4.69, 9.17) is 0 Å². The van der Waals surface area contributed by atoms with Crippen molar-refractivity contribution in [3.05, 3.63) is 23.8 Å². The number of aromatic nitrogens is 2. The molecular formula is C9H12N2O. The van der Waals surface area contributed by atoms with Crippen molar-refractivity contribution in [1.29, 1.82) is 0 Å². The molecule has 0 N–H and O–H groups in total. The van der Waals surface area contributed by atoms with Gasteiger partial charge in [0.25, 0.3) is 0 Å². The third kappa shape index (κ3) is 1.67. The Balaban J connectivity index is 3.04. The van der Waals surface area contributed by atoms with Gasteiger partial charge in [0.15, 0.2) is 5.78 Å². The Bertz CT molecular complexity index is 284. The molecule has 0 atom stereocenters. The van der Waals surface area contributed by atoms with Crippen molar-refractivity contribution in [2.24, 2.45) is 0 Å². The molecule has 0 bridgehead atoms. The maximum absolute atomic E-state index is 11.3. The predicted molar refractivity (Wildman–Crippen MR) is 46.0 cm³/mol. The summed E-state index contributed by atoms with van der Waals surface area (Å²) in [5.41, 5.74) is 1.33. The Hall–Kier alpha value is -1.25. The number of hydrogen-bond donors (Lipinski definition) is 0. The highest BCUT2D eigenvalue weighted by Gasteiger charge is 2.09. The van der Waals surface area contributed by atoms with Crippen LogP contribution in [-0.2, 0) is 6.42 Å². The maximum atomic E-state index is 11.3. The molecule has 0 saturated heterocycles. The van der Waals surface area contributed by atoms with E-state index in [1.54, 1.807) is 12.4 Å². The molecule has 0 aliphatic rings. The average Bonchev–Trinajstić information content (AvgIpc) is 2.16. The van der Waals surface area contributed by atoms with Gasteiger partial charge >= 0.3 is 0 Å². The number of nitrogens with zero attached hydrogens (tertiary/aromatic N) is 2. The second-order valence-corrected chi connectivity index (χ2v) is 2.48. The molecule has 1 aromatic rings. The second-order valence-electron chi connectivity index (χ2n) is 2.48. The molecule has 0 spiro atoms. The maximum Gasteiger partial charge on any atom is 0.182 e. The lowest BCUT2D eigenvalue weighted by Crippen LogP contribution is -2.06. The van der Waals surface area contributed by atoms with Gasteiger partial charge in [-0.25, -0.2) is 4.98 Å². The average molecular weight is 164 g/mol. The Morgan fingerprint density at radius 3 is 2.58 bits per heavy atom. The largest absolute Gasteiger partial charge is 0.292 e. The second kappa shape index (κ2) is 3.95. The van der Waals surface area contributed by atoms with Crippen LogP contribution in [0.1, 0.15) is 36.5 Å². The lowest BCUT2D eigenvalue weighted by atomic mass is 10.1. The molecule has 0 aliphatic carbocycles. The molecule has 0 saturated carbocycles. The van der Waals surface area contributed by atoms with Gasteiger partial charge in [0.1, 0.15) is 5.69 Å². The van der Waals surface area contributed by atoms with Gasteiger partial charge < -0.3 is 0 Å². The highest BCUT2D eigenvalue weighted by molar-refractivity contribution is 5.94. The molecule has 3 heteroatoms. The number of ketones is 1. The van der Waals surface area contributed by atoms with Crippen LogP contribution < -0.4 is 0 Å². The topological polar surface area (TPSA) is 42.9 Å². The smallest absolute Gasteiger partial charge is 0.182 e. The van der Waals surface area contributed by atoms with Gasteiger partial charge in [0.05, 0.1) is 5.69 Å². The first-order chi connectivity index (χ1) is 5.79. The predicted octanol–water partition coefficient (Wildman–Crippen LogP) is 1.63. The molecule has 1 heterocycles. The summed E-state index contributed by atoms with van der Waals surface area (Å²) in [5.74, 6) is 0.0694. The zero-order valence-electron chi connectivity index (χ0n) is 7.37. The molecular weight excluding hydrogens is 152 g/mol. The zero-order valence-corrected chi connectivity index (χ0v) is 7.37. The van der Waals surface area contributed by atoms with Crippen molar-refractivity contribution in [1.82, 2.24) is 9.97 Å². The normalized spacial score (nSPS) is 9.83. The Labute approximate surface area is 71.9 Å². The van der Waals surface area contributed by atoms with E-state index in [0.717, 1.165) is 12.1 Å². The minimum absolute atomic E-state index is 0.0694. The van der Waals surface area contributed by atoms with Gasteiger partial charge in [0.2, 0.25) is 0 Å². The van der Waals surface area contributed by atoms with Crippen LogP contribution in [0.4, 0.5) is 0 Å².